The molecule has 134 valence electrons. The third-order valence-corrected chi connectivity index (χ3v) is 4.08. The molecule has 2 heterocycles. The Bertz CT molecular complexity index is 902. The number of fused-ring (bicyclic) bond motifs is 1. The van der Waals surface area contributed by atoms with Gasteiger partial charge in [-0.05, 0) is 19.1 Å². The number of aromatic nitrogens is 1. The second kappa shape index (κ2) is 5.99. The Hall–Kier alpha value is -2.68. The Balaban J connectivity index is 2.16. The Kier molecular flexibility index (Phi) is 4.11. The van der Waals surface area contributed by atoms with Gasteiger partial charge in [-0.3, -0.25) is 4.79 Å². The lowest BCUT2D eigenvalue weighted by molar-refractivity contribution is 0.143. The molecular weight excluding hydrogens is 336 g/mol. The number of benzene rings is 1. The molecule has 0 spiro atoms. The summed E-state index contributed by atoms with van der Waals surface area (Å²) in [6, 6.07) is 2.46. The minimum absolute atomic E-state index is 0.0792. The molecule has 3 N–H and O–H groups in total. The van der Waals surface area contributed by atoms with Crippen LogP contribution in [0.15, 0.2) is 23.1 Å². The molecule has 3 rings (SSSR count). The van der Waals surface area contributed by atoms with Crippen molar-refractivity contribution in [2.75, 3.05) is 24.7 Å². The van der Waals surface area contributed by atoms with Crippen molar-refractivity contribution in [3.05, 3.63) is 34.4 Å². The molecule has 9 heteroatoms. The number of alkyl halides is 1. The SMILES string of the molecule is CC1(N)CN(c2cc3c(cc2F)c(=O)c(OC(=O)O)cn3CCF)C1. The van der Waals surface area contributed by atoms with Gasteiger partial charge in [0, 0.05) is 18.6 Å². The highest BCUT2D eigenvalue weighted by Gasteiger charge is 2.36. The summed E-state index contributed by atoms with van der Waals surface area (Å²) < 4.78 is 33.1. The lowest BCUT2D eigenvalue weighted by atomic mass is 9.93. The van der Waals surface area contributed by atoms with Crippen LogP contribution in [0.5, 0.6) is 5.75 Å². The average molecular weight is 353 g/mol. The summed E-state index contributed by atoms with van der Waals surface area (Å²) in [5.74, 6) is -1.14. The van der Waals surface area contributed by atoms with Crippen LogP contribution in [0, 0.1) is 5.82 Å². The first-order valence-corrected chi connectivity index (χ1v) is 7.59. The first kappa shape index (κ1) is 17.2. The highest BCUT2D eigenvalue weighted by atomic mass is 19.1. The van der Waals surface area contributed by atoms with Crippen molar-refractivity contribution < 1.29 is 23.4 Å². The second-order valence-electron chi connectivity index (χ2n) is 6.40. The van der Waals surface area contributed by atoms with Crippen LogP contribution < -0.4 is 20.8 Å². The van der Waals surface area contributed by atoms with Crippen LogP contribution in [-0.4, -0.2) is 41.1 Å². The van der Waals surface area contributed by atoms with Gasteiger partial charge in [-0.2, -0.15) is 0 Å². The van der Waals surface area contributed by atoms with Crippen molar-refractivity contribution in [2.24, 2.45) is 5.73 Å². The van der Waals surface area contributed by atoms with Gasteiger partial charge in [0.25, 0.3) is 0 Å². The van der Waals surface area contributed by atoms with E-state index < -0.39 is 35.4 Å². The molecule has 2 aromatic rings. The zero-order valence-electron chi connectivity index (χ0n) is 13.5. The van der Waals surface area contributed by atoms with Crippen molar-refractivity contribution >= 4 is 22.7 Å². The number of rotatable bonds is 4. The van der Waals surface area contributed by atoms with Crippen LogP contribution in [-0.2, 0) is 6.54 Å². The molecule has 0 saturated carbocycles. The zero-order chi connectivity index (χ0) is 18.4. The van der Waals surface area contributed by atoms with Crippen molar-refractivity contribution in [1.82, 2.24) is 4.57 Å². The fraction of sp³-hybridized carbons (Fsp3) is 0.375. The molecule has 7 nitrogen and oxygen atoms in total. The van der Waals surface area contributed by atoms with E-state index in [2.05, 4.69) is 4.74 Å². The number of anilines is 1. The third kappa shape index (κ3) is 3.14. The van der Waals surface area contributed by atoms with E-state index in [0.717, 1.165) is 12.3 Å². The lowest BCUT2D eigenvalue weighted by Gasteiger charge is -2.47. The lowest BCUT2D eigenvalue weighted by Crippen LogP contribution is -2.65. The van der Waals surface area contributed by atoms with Crippen LogP contribution in [0.25, 0.3) is 10.9 Å². The minimum Gasteiger partial charge on any atom is -0.449 e. The Morgan fingerprint density at radius 1 is 1.44 bits per heavy atom. The standard InChI is InChI=1S/C16H17F2N3O4/c1-16(19)7-21(8-16)12-5-11-9(4-10(12)18)14(22)13(25-15(23)24)6-20(11)3-2-17/h4-6H,2-3,7-8,19H2,1H3,(H,23,24). The molecule has 0 aliphatic carbocycles. The molecule has 1 aromatic carbocycles. The molecule has 1 aliphatic rings. The molecule has 1 fully saturated rings. The van der Waals surface area contributed by atoms with E-state index in [4.69, 9.17) is 10.8 Å². The molecule has 1 saturated heterocycles. The average Bonchev–Trinajstić information content (AvgIpc) is 2.49. The third-order valence-electron chi connectivity index (χ3n) is 4.08. The predicted molar refractivity (Wildman–Crippen MR) is 87.6 cm³/mol. The summed E-state index contributed by atoms with van der Waals surface area (Å²) in [7, 11) is 0. The van der Waals surface area contributed by atoms with Crippen molar-refractivity contribution in [2.45, 2.75) is 19.0 Å². The van der Waals surface area contributed by atoms with Crippen LogP contribution >= 0.6 is 0 Å². The zero-order valence-corrected chi connectivity index (χ0v) is 13.5. The monoisotopic (exact) mass is 353 g/mol. The van der Waals surface area contributed by atoms with Crippen molar-refractivity contribution in [1.29, 1.82) is 0 Å². The van der Waals surface area contributed by atoms with Gasteiger partial charge in [-0.25, -0.2) is 13.6 Å². The Morgan fingerprint density at radius 3 is 2.68 bits per heavy atom. The summed E-state index contributed by atoms with van der Waals surface area (Å²) in [5.41, 5.74) is 5.30. The number of carbonyl (C=O) groups is 1. The van der Waals surface area contributed by atoms with E-state index in [1.807, 2.05) is 6.92 Å². The topological polar surface area (TPSA) is 97.8 Å². The van der Waals surface area contributed by atoms with E-state index in [1.54, 1.807) is 4.90 Å². The molecule has 0 amide bonds. The van der Waals surface area contributed by atoms with Crippen LogP contribution in [0.3, 0.4) is 0 Å². The summed E-state index contributed by atoms with van der Waals surface area (Å²) in [5, 5.41) is 8.63. The highest BCUT2D eigenvalue weighted by molar-refractivity contribution is 5.85. The van der Waals surface area contributed by atoms with Gasteiger partial charge >= 0.3 is 6.16 Å². The van der Waals surface area contributed by atoms with Gasteiger partial charge in [0.2, 0.25) is 5.43 Å². The largest absolute Gasteiger partial charge is 0.511 e. The predicted octanol–water partition coefficient (Wildman–Crippen LogP) is 1.70. The van der Waals surface area contributed by atoms with Gasteiger partial charge in [-0.15, -0.1) is 0 Å². The van der Waals surface area contributed by atoms with Crippen LogP contribution in [0.1, 0.15) is 6.92 Å². The summed E-state index contributed by atoms with van der Waals surface area (Å²) in [4.78, 5) is 24.8. The molecule has 0 unspecified atom stereocenters. The van der Waals surface area contributed by atoms with Crippen LogP contribution in [0.2, 0.25) is 0 Å². The number of hydrogen-bond acceptors (Lipinski definition) is 5. The maximum atomic E-state index is 14.5. The Morgan fingerprint density at radius 2 is 2.12 bits per heavy atom. The Labute approximate surface area is 141 Å². The van der Waals surface area contributed by atoms with Gasteiger partial charge < -0.3 is 25.0 Å². The first-order chi connectivity index (χ1) is 11.7. The maximum Gasteiger partial charge on any atom is 0.511 e. The number of ether oxygens (including phenoxy) is 1. The number of nitrogens with two attached hydrogens (primary N) is 1. The highest BCUT2D eigenvalue weighted by Crippen LogP contribution is 2.31. The van der Waals surface area contributed by atoms with E-state index in [9.17, 15) is 18.4 Å². The maximum absolute atomic E-state index is 14.5. The number of aryl methyl sites for hydroxylation is 1. The number of halogens is 2. The van der Waals surface area contributed by atoms with Gasteiger partial charge in [0.15, 0.2) is 5.75 Å². The quantitative estimate of drug-likeness (QED) is 0.812. The normalized spacial score (nSPS) is 15.9. The molecular formula is C16H17F2N3O4. The number of hydrogen-bond donors (Lipinski definition) is 2. The van der Waals surface area contributed by atoms with Crippen LogP contribution in [0.4, 0.5) is 19.3 Å². The van der Waals surface area contributed by atoms with Gasteiger partial charge in [-0.1, -0.05) is 0 Å². The number of pyridine rings is 1. The fourth-order valence-electron chi connectivity index (χ4n) is 3.05. The summed E-state index contributed by atoms with van der Waals surface area (Å²) >= 11 is 0. The summed E-state index contributed by atoms with van der Waals surface area (Å²) in [6.45, 7) is 1.86. The van der Waals surface area contributed by atoms with Crippen molar-refractivity contribution in [3.63, 3.8) is 0 Å². The first-order valence-electron chi connectivity index (χ1n) is 7.59. The van der Waals surface area contributed by atoms with Gasteiger partial charge in [0.05, 0.1) is 29.3 Å². The molecule has 25 heavy (non-hydrogen) atoms. The second-order valence-corrected chi connectivity index (χ2v) is 6.40. The molecule has 0 bridgehead atoms. The molecule has 1 aromatic heterocycles. The summed E-state index contributed by atoms with van der Waals surface area (Å²) in [6.07, 6.45) is -0.563. The number of carboxylic acid groups (broad SMARTS) is 1. The van der Waals surface area contributed by atoms with Crippen molar-refractivity contribution in [3.8, 4) is 5.75 Å². The van der Waals surface area contributed by atoms with E-state index in [-0.39, 0.29) is 17.6 Å². The van der Waals surface area contributed by atoms with E-state index in [0.29, 0.717) is 18.6 Å². The smallest absolute Gasteiger partial charge is 0.449 e. The number of nitrogens with zero attached hydrogens (tertiary/aromatic N) is 2. The van der Waals surface area contributed by atoms with E-state index in [1.165, 1.54) is 10.6 Å². The molecule has 0 radical (unpaired) electrons. The van der Waals surface area contributed by atoms with Gasteiger partial charge in [0.1, 0.15) is 12.5 Å². The van der Waals surface area contributed by atoms with E-state index >= 15 is 0 Å². The molecule has 0 atom stereocenters. The fourth-order valence-corrected chi connectivity index (χ4v) is 3.05. The molecule has 1 aliphatic heterocycles. The minimum atomic E-state index is -1.68.